The van der Waals surface area contributed by atoms with Crippen molar-refractivity contribution in [3.63, 3.8) is 0 Å². The van der Waals surface area contributed by atoms with Crippen LogP contribution in [0.1, 0.15) is 35.3 Å². The molecule has 1 aliphatic rings. The lowest BCUT2D eigenvalue weighted by atomic mass is 10.0. The summed E-state index contributed by atoms with van der Waals surface area (Å²) in [5.74, 6) is 0.864. The Morgan fingerprint density at radius 1 is 1.29 bits per heavy atom. The van der Waals surface area contributed by atoms with E-state index in [0.29, 0.717) is 18.2 Å². The summed E-state index contributed by atoms with van der Waals surface area (Å²) >= 11 is 0. The molecule has 0 aliphatic carbocycles. The fourth-order valence-electron chi connectivity index (χ4n) is 2.91. The van der Waals surface area contributed by atoms with Gasteiger partial charge in [0.25, 0.3) is 5.91 Å². The van der Waals surface area contributed by atoms with Crippen molar-refractivity contribution in [1.29, 1.82) is 0 Å². The van der Waals surface area contributed by atoms with Gasteiger partial charge in [-0.2, -0.15) is 0 Å². The van der Waals surface area contributed by atoms with Gasteiger partial charge in [-0.25, -0.2) is 4.98 Å². The maximum Gasteiger partial charge on any atom is 0.252 e. The number of rotatable bonds is 5. The van der Waals surface area contributed by atoms with Gasteiger partial charge in [-0.05, 0) is 24.1 Å². The van der Waals surface area contributed by atoms with Crippen molar-refractivity contribution in [3.05, 3.63) is 59.8 Å². The molecular formula is C19H24N4O. The van der Waals surface area contributed by atoms with Crippen molar-refractivity contribution in [2.75, 3.05) is 31.1 Å². The SMILES string of the molecule is CCCNC(=O)c1ccc(N2CCNC(c3ccccc3)C2)nc1. The second kappa shape index (κ2) is 7.93. The quantitative estimate of drug-likeness (QED) is 0.886. The van der Waals surface area contributed by atoms with Crippen LogP contribution in [0.2, 0.25) is 0 Å². The number of aromatic nitrogens is 1. The van der Waals surface area contributed by atoms with Crippen LogP contribution in [0, 0.1) is 0 Å². The molecule has 0 spiro atoms. The number of nitrogens with zero attached hydrogens (tertiary/aromatic N) is 2. The summed E-state index contributed by atoms with van der Waals surface area (Å²) in [7, 11) is 0. The van der Waals surface area contributed by atoms with Crippen molar-refractivity contribution in [2.24, 2.45) is 0 Å². The zero-order valence-electron chi connectivity index (χ0n) is 14.0. The Balaban J connectivity index is 1.66. The van der Waals surface area contributed by atoms with Crippen LogP contribution in [0.15, 0.2) is 48.7 Å². The van der Waals surface area contributed by atoms with Crippen molar-refractivity contribution in [1.82, 2.24) is 15.6 Å². The van der Waals surface area contributed by atoms with E-state index in [2.05, 4.69) is 44.8 Å². The fraction of sp³-hybridized carbons (Fsp3) is 0.368. The smallest absolute Gasteiger partial charge is 0.252 e. The average molecular weight is 324 g/mol. The molecule has 2 heterocycles. The molecule has 5 nitrogen and oxygen atoms in total. The molecule has 1 unspecified atom stereocenters. The van der Waals surface area contributed by atoms with E-state index in [4.69, 9.17) is 0 Å². The van der Waals surface area contributed by atoms with Crippen LogP contribution in [-0.4, -0.2) is 37.1 Å². The summed E-state index contributed by atoms with van der Waals surface area (Å²) in [5.41, 5.74) is 1.90. The normalized spacial score (nSPS) is 17.5. The Kier molecular flexibility index (Phi) is 5.43. The number of anilines is 1. The maximum atomic E-state index is 12.0. The van der Waals surface area contributed by atoms with E-state index in [9.17, 15) is 4.79 Å². The molecule has 3 rings (SSSR count). The van der Waals surface area contributed by atoms with E-state index in [0.717, 1.165) is 31.9 Å². The maximum absolute atomic E-state index is 12.0. The fourth-order valence-corrected chi connectivity index (χ4v) is 2.91. The molecule has 126 valence electrons. The molecule has 1 fully saturated rings. The van der Waals surface area contributed by atoms with Crippen molar-refractivity contribution >= 4 is 11.7 Å². The Bertz CT molecular complexity index is 657. The molecule has 0 radical (unpaired) electrons. The van der Waals surface area contributed by atoms with Gasteiger partial charge in [0.05, 0.1) is 5.56 Å². The number of nitrogens with one attached hydrogen (secondary N) is 2. The molecule has 0 bridgehead atoms. The van der Waals surface area contributed by atoms with E-state index in [1.807, 2.05) is 25.1 Å². The Morgan fingerprint density at radius 3 is 2.83 bits per heavy atom. The molecule has 1 amide bonds. The molecule has 1 saturated heterocycles. The standard InChI is InChI=1S/C19H24N4O/c1-2-10-21-19(24)16-8-9-18(22-13-16)23-12-11-20-17(14-23)15-6-4-3-5-7-15/h3-9,13,17,20H,2,10-12,14H2,1H3,(H,21,24). The number of benzene rings is 1. The lowest BCUT2D eigenvalue weighted by Gasteiger charge is -2.34. The third-order valence-corrected chi connectivity index (χ3v) is 4.25. The number of carbonyl (C=O) groups excluding carboxylic acids is 1. The highest BCUT2D eigenvalue weighted by atomic mass is 16.1. The van der Waals surface area contributed by atoms with Crippen LogP contribution >= 0.6 is 0 Å². The summed E-state index contributed by atoms with van der Waals surface area (Å²) in [6.07, 6.45) is 2.60. The monoisotopic (exact) mass is 324 g/mol. The number of hydrogen-bond donors (Lipinski definition) is 2. The first-order valence-corrected chi connectivity index (χ1v) is 8.55. The lowest BCUT2D eigenvalue weighted by Crippen LogP contribution is -2.46. The van der Waals surface area contributed by atoms with Crippen molar-refractivity contribution < 1.29 is 4.79 Å². The Labute approximate surface area is 143 Å². The summed E-state index contributed by atoms with van der Waals surface area (Å²) in [6.45, 7) is 5.43. The second-order valence-corrected chi connectivity index (χ2v) is 6.02. The predicted octanol–water partition coefficient (Wildman–Crippen LogP) is 2.37. The van der Waals surface area contributed by atoms with Crippen LogP contribution in [0.25, 0.3) is 0 Å². The van der Waals surface area contributed by atoms with E-state index < -0.39 is 0 Å². The molecule has 1 aliphatic heterocycles. The van der Waals surface area contributed by atoms with E-state index in [-0.39, 0.29) is 5.91 Å². The number of carbonyl (C=O) groups is 1. The number of pyridine rings is 1. The Hall–Kier alpha value is -2.40. The Morgan fingerprint density at radius 2 is 2.12 bits per heavy atom. The lowest BCUT2D eigenvalue weighted by molar-refractivity contribution is 0.0953. The molecule has 1 aromatic carbocycles. The van der Waals surface area contributed by atoms with Crippen LogP contribution in [0.3, 0.4) is 0 Å². The first kappa shape index (κ1) is 16.5. The molecule has 1 aromatic heterocycles. The van der Waals surface area contributed by atoms with Crippen molar-refractivity contribution in [3.8, 4) is 0 Å². The van der Waals surface area contributed by atoms with Gasteiger partial charge in [-0.3, -0.25) is 4.79 Å². The first-order valence-electron chi connectivity index (χ1n) is 8.55. The zero-order valence-corrected chi connectivity index (χ0v) is 14.0. The molecular weight excluding hydrogens is 300 g/mol. The number of piperazine rings is 1. The summed E-state index contributed by atoms with van der Waals surface area (Å²) < 4.78 is 0. The van der Waals surface area contributed by atoms with Crippen LogP contribution in [0.5, 0.6) is 0 Å². The average Bonchev–Trinajstić information content (AvgIpc) is 2.67. The zero-order chi connectivity index (χ0) is 16.8. The third kappa shape index (κ3) is 3.92. The second-order valence-electron chi connectivity index (χ2n) is 6.02. The number of hydrogen-bond acceptors (Lipinski definition) is 4. The highest BCUT2D eigenvalue weighted by molar-refractivity contribution is 5.94. The topological polar surface area (TPSA) is 57.3 Å². The highest BCUT2D eigenvalue weighted by Crippen LogP contribution is 2.21. The van der Waals surface area contributed by atoms with Gasteiger partial charge >= 0.3 is 0 Å². The predicted molar refractivity (Wildman–Crippen MR) is 96.3 cm³/mol. The van der Waals surface area contributed by atoms with E-state index in [1.54, 1.807) is 6.20 Å². The molecule has 1 atom stereocenters. The summed E-state index contributed by atoms with van der Waals surface area (Å²) in [4.78, 5) is 18.7. The van der Waals surface area contributed by atoms with Gasteiger partial charge in [-0.15, -0.1) is 0 Å². The summed E-state index contributed by atoms with van der Waals surface area (Å²) in [5, 5.41) is 6.43. The first-order chi connectivity index (χ1) is 11.8. The van der Waals surface area contributed by atoms with Gasteiger partial charge < -0.3 is 15.5 Å². The molecule has 0 saturated carbocycles. The van der Waals surface area contributed by atoms with Gasteiger partial charge in [0, 0.05) is 38.4 Å². The van der Waals surface area contributed by atoms with Crippen molar-refractivity contribution in [2.45, 2.75) is 19.4 Å². The van der Waals surface area contributed by atoms with Crippen LogP contribution < -0.4 is 15.5 Å². The van der Waals surface area contributed by atoms with E-state index in [1.165, 1.54) is 5.56 Å². The molecule has 2 N–H and O–H groups in total. The minimum atomic E-state index is -0.0571. The van der Waals surface area contributed by atoms with E-state index >= 15 is 0 Å². The van der Waals surface area contributed by atoms with Gasteiger partial charge in [0.1, 0.15) is 5.82 Å². The molecule has 5 heteroatoms. The van der Waals surface area contributed by atoms with Crippen LogP contribution in [0.4, 0.5) is 5.82 Å². The van der Waals surface area contributed by atoms with Gasteiger partial charge in [0.2, 0.25) is 0 Å². The van der Waals surface area contributed by atoms with Gasteiger partial charge in [0.15, 0.2) is 0 Å². The van der Waals surface area contributed by atoms with Crippen LogP contribution in [-0.2, 0) is 0 Å². The van der Waals surface area contributed by atoms with Gasteiger partial charge in [-0.1, -0.05) is 37.3 Å². The molecule has 2 aromatic rings. The third-order valence-electron chi connectivity index (χ3n) is 4.25. The summed E-state index contributed by atoms with van der Waals surface area (Å²) in [6, 6.07) is 14.6. The minimum Gasteiger partial charge on any atom is -0.353 e. The largest absolute Gasteiger partial charge is 0.353 e. The highest BCUT2D eigenvalue weighted by Gasteiger charge is 2.21. The number of amides is 1. The molecule has 24 heavy (non-hydrogen) atoms. The minimum absolute atomic E-state index is 0.0571.